The molecule has 1 aliphatic rings. The quantitative estimate of drug-likeness (QED) is 0.695. The zero-order valence-corrected chi connectivity index (χ0v) is 14.6. The van der Waals surface area contributed by atoms with E-state index in [2.05, 4.69) is 19.9 Å². The van der Waals surface area contributed by atoms with Crippen molar-refractivity contribution >= 4 is 28.6 Å². The van der Waals surface area contributed by atoms with E-state index in [1.807, 2.05) is 11.8 Å². The Morgan fingerprint density at radius 1 is 1.15 bits per heavy atom. The maximum absolute atomic E-state index is 13.6. The van der Waals surface area contributed by atoms with Gasteiger partial charge in [-0.15, -0.1) is 0 Å². The molecule has 3 aromatic rings. The molecule has 26 heavy (non-hydrogen) atoms. The minimum atomic E-state index is -2.79. The van der Waals surface area contributed by atoms with Crippen molar-refractivity contribution in [1.29, 1.82) is 0 Å². The highest BCUT2D eigenvalue weighted by atomic mass is 35.5. The minimum absolute atomic E-state index is 0.0164. The molecule has 136 valence electrons. The summed E-state index contributed by atoms with van der Waals surface area (Å²) < 4.78 is 33.7. The van der Waals surface area contributed by atoms with E-state index >= 15 is 0 Å². The molecule has 0 amide bonds. The molecule has 1 aliphatic heterocycles. The number of alkyl halides is 2. The number of benzene rings is 1. The van der Waals surface area contributed by atoms with Crippen molar-refractivity contribution in [2.45, 2.75) is 19.4 Å². The molecule has 0 saturated carbocycles. The third kappa shape index (κ3) is 2.97. The second kappa shape index (κ2) is 6.73. The lowest BCUT2D eigenvalue weighted by atomic mass is 10.3. The first-order valence-electron chi connectivity index (χ1n) is 8.06. The van der Waals surface area contributed by atoms with Crippen LogP contribution in [-0.2, 0) is 4.74 Å². The molecule has 10 heteroatoms. The van der Waals surface area contributed by atoms with Crippen molar-refractivity contribution in [3.05, 3.63) is 35.4 Å². The van der Waals surface area contributed by atoms with Gasteiger partial charge in [0, 0.05) is 6.54 Å². The van der Waals surface area contributed by atoms with Gasteiger partial charge in [0.1, 0.15) is 0 Å². The number of halogens is 3. The molecule has 0 aliphatic carbocycles. The SMILES string of the molecule is C[C@@H]1COCCN1c1nc(Cl)nc(-n2c(C(F)F)nc3ccccc32)n1. The average Bonchev–Trinajstić information content (AvgIpc) is 3.01. The largest absolute Gasteiger partial charge is 0.377 e. The van der Waals surface area contributed by atoms with E-state index in [-0.39, 0.29) is 17.3 Å². The number of imidazole rings is 1. The van der Waals surface area contributed by atoms with Gasteiger partial charge in [-0.05, 0) is 30.7 Å². The lowest BCUT2D eigenvalue weighted by molar-refractivity contribution is 0.0980. The van der Waals surface area contributed by atoms with Gasteiger partial charge >= 0.3 is 0 Å². The molecule has 0 spiro atoms. The van der Waals surface area contributed by atoms with Crippen LogP contribution in [0.25, 0.3) is 17.0 Å². The minimum Gasteiger partial charge on any atom is -0.377 e. The van der Waals surface area contributed by atoms with Gasteiger partial charge in [-0.2, -0.15) is 15.0 Å². The van der Waals surface area contributed by atoms with Crippen molar-refractivity contribution in [2.24, 2.45) is 0 Å². The maximum atomic E-state index is 13.6. The summed E-state index contributed by atoms with van der Waals surface area (Å²) in [4.78, 5) is 18.6. The van der Waals surface area contributed by atoms with Crippen molar-refractivity contribution in [3.63, 3.8) is 0 Å². The van der Waals surface area contributed by atoms with Gasteiger partial charge in [-0.25, -0.2) is 13.8 Å². The van der Waals surface area contributed by atoms with Crippen molar-refractivity contribution < 1.29 is 13.5 Å². The zero-order valence-electron chi connectivity index (χ0n) is 13.8. The Bertz CT molecular complexity index is 950. The molecule has 2 aromatic heterocycles. The monoisotopic (exact) mass is 380 g/mol. The van der Waals surface area contributed by atoms with Crippen LogP contribution in [0.5, 0.6) is 0 Å². The number of para-hydroxylation sites is 2. The highest BCUT2D eigenvalue weighted by molar-refractivity contribution is 6.28. The zero-order chi connectivity index (χ0) is 18.3. The van der Waals surface area contributed by atoms with Crippen LogP contribution in [0.2, 0.25) is 5.28 Å². The van der Waals surface area contributed by atoms with Crippen LogP contribution in [0.15, 0.2) is 24.3 Å². The number of aromatic nitrogens is 5. The number of fused-ring (bicyclic) bond motifs is 1. The van der Waals surface area contributed by atoms with E-state index < -0.39 is 12.2 Å². The fourth-order valence-corrected chi connectivity index (χ4v) is 3.13. The Kier molecular flexibility index (Phi) is 4.41. The first kappa shape index (κ1) is 17.0. The third-order valence-corrected chi connectivity index (χ3v) is 4.36. The maximum Gasteiger partial charge on any atom is 0.296 e. The predicted molar refractivity (Wildman–Crippen MR) is 92.0 cm³/mol. The summed E-state index contributed by atoms with van der Waals surface area (Å²) in [5.74, 6) is -0.0917. The van der Waals surface area contributed by atoms with Gasteiger partial charge in [0.15, 0.2) is 5.82 Å². The Labute approximate surface area is 152 Å². The standard InChI is InChI=1S/C16H15ClF2N6O/c1-9-8-26-7-6-24(9)15-21-14(17)22-16(23-15)25-11-5-3-2-4-10(11)20-13(25)12(18)19/h2-5,9,12H,6-8H2,1H3/t9-/m1/s1. The van der Waals surface area contributed by atoms with E-state index in [0.29, 0.717) is 36.7 Å². The van der Waals surface area contributed by atoms with Crippen LogP contribution < -0.4 is 4.90 Å². The van der Waals surface area contributed by atoms with Gasteiger partial charge in [-0.1, -0.05) is 12.1 Å². The predicted octanol–water partition coefficient (Wildman–Crippen LogP) is 3.03. The third-order valence-electron chi connectivity index (χ3n) is 4.19. The molecule has 7 nitrogen and oxygen atoms in total. The fraction of sp³-hybridized carbons (Fsp3) is 0.375. The fourth-order valence-electron chi connectivity index (χ4n) is 2.98. The lowest BCUT2D eigenvalue weighted by Gasteiger charge is -2.33. The van der Waals surface area contributed by atoms with E-state index in [0.717, 1.165) is 0 Å². The molecule has 0 bridgehead atoms. The molecule has 3 heterocycles. The van der Waals surface area contributed by atoms with Gasteiger partial charge in [0.2, 0.25) is 17.2 Å². The molecule has 0 N–H and O–H groups in total. The number of nitrogens with zero attached hydrogens (tertiary/aromatic N) is 6. The summed E-state index contributed by atoms with van der Waals surface area (Å²) in [6, 6.07) is 6.85. The number of anilines is 1. The van der Waals surface area contributed by atoms with Crippen LogP contribution in [0.3, 0.4) is 0 Å². The number of hydrogen-bond donors (Lipinski definition) is 0. The highest BCUT2D eigenvalue weighted by Gasteiger charge is 2.26. The normalized spacial score (nSPS) is 18.0. The van der Waals surface area contributed by atoms with Gasteiger partial charge < -0.3 is 9.64 Å². The van der Waals surface area contributed by atoms with E-state index in [1.54, 1.807) is 24.3 Å². The topological polar surface area (TPSA) is 69.0 Å². The van der Waals surface area contributed by atoms with Crippen molar-refractivity contribution in [1.82, 2.24) is 24.5 Å². The molecule has 0 radical (unpaired) electrons. The molecule has 0 unspecified atom stereocenters. The Balaban J connectivity index is 1.88. The summed E-state index contributed by atoms with van der Waals surface area (Å²) in [6.07, 6.45) is -2.79. The molecular weight excluding hydrogens is 366 g/mol. The summed E-state index contributed by atoms with van der Waals surface area (Å²) >= 11 is 6.08. The molecule has 1 saturated heterocycles. The van der Waals surface area contributed by atoms with Crippen LogP contribution in [-0.4, -0.2) is 50.3 Å². The smallest absolute Gasteiger partial charge is 0.296 e. The highest BCUT2D eigenvalue weighted by Crippen LogP contribution is 2.27. The Morgan fingerprint density at radius 3 is 2.69 bits per heavy atom. The van der Waals surface area contributed by atoms with Crippen LogP contribution >= 0.6 is 11.6 Å². The summed E-state index contributed by atoms with van der Waals surface area (Å²) in [7, 11) is 0. The van der Waals surface area contributed by atoms with Gasteiger partial charge in [0.25, 0.3) is 6.43 Å². The van der Waals surface area contributed by atoms with E-state index in [4.69, 9.17) is 16.3 Å². The molecule has 1 atom stereocenters. The first-order valence-corrected chi connectivity index (χ1v) is 8.44. The van der Waals surface area contributed by atoms with Gasteiger partial charge in [-0.3, -0.25) is 4.57 Å². The summed E-state index contributed by atoms with van der Waals surface area (Å²) in [5.41, 5.74) is 0.909. The van der Waals surface area contributed by atoms with Crippen LogP contribution in [0, 0.1) is 0 Å². The Morgan fingerprint density at radius 2 is 1.92 bits per heavy atom. The van der Waals surface area contributed by atoms with Crippen LogP contribution in [0.1, 0.15) is 19.2 Å². The first-order chi connectivity index (χ1) is 12.5. The number of ether oxygens (including phenoxy) is 1. The van der Waals surface area contributed by atoms with Crippen molar-refractivity contribution in [3.8, 4) is 5.95 Å². The lowest BCUT2D eigenvalue weighted by Crippen LogP contribution is -2.44. The second-order valence-electron chi connectivity index (χ2n) is 5.92. The summed E-state index contributed by atoms with van der Waals surface area (Å²) in [6.45, 7) is 3.59. The Hall–Kier alpha value is -2.39. The number of hydrogen-bond acceptors (Lipinski definition) is 6. The average molecular weight is 381 g/mol. The number of rotatable bonds is 3. The second-order valence-corrected chi connectivity index (χ2v) is 6.25. The van der Waals surface area contributed by atoms with Gasteiger partial charge in [0.05, 0.1) is 30.3 Å². The van der Waals surface area contributed by atoms with E-state index in [9.17, 15) is 8.78 Å². The molecular formula is C16H15ClF2N6O. The molecule has 1 aromatic carbocycles. The van der Waals surface area contributed by atoms with Crippen LogP contribution in [0.4, 0.5) is 14.7 Å². The molecule has 4 rings (SSSR count). The molecule has 1 fully saturated rings. The summed E-state index contributed by atoms with van der Waals surface area (Å²) in [5, 5.41) is -0.0679. The van der Waals surface area contributed by atoms with E-state index in [1.165, 1.54) is 4.57 Å². The van der Waals surface area contributed by atoms with Crippen molar-refractivity contribution in [2.75, 3.05) is 24.7 Å². The number of morpholine rings is 1.